The van der Waals surface area contributed by atoms with E-state index >= 15 is 0 Å². The Morgan fingerprint density at radius 3 is 2.57 bits per heavy atom. The molecule has 1 unspecified atom stereocenters. The van der Waals surface area contributed by atoms with Crippen molar-refractivity contribution in [3.05, 3.63) is 53.6 Å². The Kier molecular flexibility index (Phi) is 4.11. The number of thioether (sulfide) groups is 1. The standard InChI is InChI=1S/C18H21NOS/c1-19(2)14-7-10-18-17(12-14)16(4-3-11-21-18)13-5-8-15(20)9-6-13/h5-10,12,16,20H,3-4,11H2,1-2H3. The monoisotopic (exact) mass is 299 g/mol. The predicted octanol–water partition coefficient (Wildman–Crippen LogP) is 4.48. The Morgan fingerprint density at radius 1 is 1.10 bits per heavy atom. The van der Waals surface area contributed by atoms with Crippen LogP contribution in [0.25, 0.3) is 0 Å². The third-order valence-corrected chi connectivity index (χ3v) is 5.25. The molecule has 2 aromatic carbocycles. The second-order valence-electron chi connectivity index (χ2n) is 5.75. The fraction of sp³-hybridized carbons (Fsp3) is 0.333. The Hall–Kier alpha value is -1.61. The molecule has 110 valence electrons. The van der Waals surface area contributed by atoms with Crippen LogP contribution in [-0.4, -0.2) is 25.0 Å². The first kappa shape index (κ1) is 14.3. The number of fused-ring (bicyclic) bond motifs is 1. The van der Waals surface area contributed by atoms with Crippen LogP contribution < -0.4 is 4.90 Å². The van der Waals surface area contributed by atoms with E-state index in [2.05, 4.69) is 49.3 Å². The van der Waals surface area contributed by atoms with Gasteiger partial charge in [-0.05, 0) is 60.1 Å². The van der Waals surface area contributed by atoms with Gasteiger partial charge in [-0.25, -0.2) is 0 Å². The van der Waals surface area contributed by atoms with Crippen molar-refractivity contribution in [3.8, 4) is 5.75 Å². The summed E-state index contributed by atoms with van der Waals surface area (Å²) >= 11 is 1.96. The van der Waals surface area contributed by atoms with Gasteiger partial charge in [0.1, 0.15) is 5.75 Å². The first-order chi connectivity index (χ1) is 10.1. The van der Waals surface area contributed by atoms with Crippen molar-refractivity contribution in [1.82, 2.24) is 0 Å². The molecule has 1 aliphatic heterocycles. The molecule has 0 spiro atoms. The van der Waals surface area contributed by atoms with Gasteiger partial charge in [-0.3, -0.25) is 0 Å². The van der Waals surface area contributed by atoms with E-state index in [9.17, 15) is 5.11 Å². The molecule has 1 heterocycles. The molecule has 1 aliphatic rings. The van der Waals surface area contributed by atoms with Crippen LogP contribution in [0.4, 0.5) is 5.69 Å². The summed E-state index contributed by atoms with van der Waals surface area (Å²) in [5.74, 6) is 1.95. The summed E-state index contributed by atoms with van der Waals surface area (Å²) < 4.78 is 0. The number of benzene rings is 2. The lowest BCUT2D eigenvalue weighted by molar-refractivity contribution is 0.475. The molecule has 0 saturated carbocycles. The maximum absolute atomic E-state index is 9.51. The SMILES string of the molecule is CN(C)c1ccc2c(c1)C(c1ccc(O)cc1)CCCS2. The largest absolute Gasteiger partial charge is 0.508 e. The summed E-state index contributed by atoms with van der Waals surface area (Å²) in [6.07, 6.45) is 2.39. The molecule has 2 nitrogen and oxygen atoms in total. The van der Waals surface area contributed by atoms with Gasteiger partial charge in [0.05, 0.1) is 0 Å². The fourth-order valence-electron chi connectivity index (χ4n) is 2.90. The van der Waals surface area contributed by atoms with Gasteiger partial charge in [0.15, 0.2) is 0 Å². The molecule has 0 saturated heterocycles. The maximum atomic E-state index is 9.51. The molecule has 3 heteroatoms. The van der Waals surface area contributed by atoms with Gasteiger partial charge < -0.3 is 10.0 Å². The number of hydrogen-bond acceptors (Lipinski definition) is 3. The Morgan fingerprint density at radius 2 is 1.86 bits per heavy atom. The Bertz CT molecular complexity index is 622. The van der Waals surface area contributed by atoms with Gasteiger partial charge in [-0.15, -0.1) is 11.8 Å². The molecule has 0 amide bonds. The van der Waals surface area contributed by atoms with Crippen LogP contribution in [0, 0.1) is 0 Å². The van der Waals surface area contributed by atoms with Crippen molar-refractivity contribution in [2.24, 2.45) is 0 Å². The third kappa shape index (κ3) is 3.03. The van der Waals surface area contributed by atoms with Gasteiger partial charge in [0, 0.05) is 30.6 Å². The molecular weight excluding hydrogens is 278 g/mol. The minimum Gasteiger partial charge on any atom is -0.508 e. The predicted molar refractivity (Wildman–Crippen MR) is 90.7 cm³/mol. The molecule has 1 atom stereocenters. The second-order valence-corrected chi connectivity index (χ2v) is 6.89. The zero-order chi connectivity index (χ0) is 14.8. The van der Waals surface area contributed by atoms with E-state index in [1.165, 1.54) is 40.3 Å². The number of phenols is 1. The smallest absolute Gasteiger partial charge is 0.115 e. The lowest BCUT2D eigenvalue weighted by Gasteiger charge is -2.21. The normalized spacial score (nSPS) is 17.9. The van der Waals surface area contributed by atoms with E-state index in [1.807, 2.05) is 11.8 Å². The molecule has 0 aliphatic carbocycles. The molecule has 3 rings (SSSR count). The fourth-order valence-corrected chi connectivity index (χ4v) is 3.96. The topological polar surface area (TPSA) is 23.5 Å². The summed E-state index contributed by atoms with van der Waals surface area (Å²) in [5.41, 5.74) is 3.97. The average molecular weight is 299 g/mol. The number of aromatic hydroxyl groups is 1. The molecule has 0 aromatic heterocycles. The van der Waals surface area contributed by atoms with Crippen molar-refractivity contribution >= 4 is 17.4 Å². The van der Waals surface area contributed by atoms with Crippen molar-refractivity contribution in [2.45, 2.75) is 23.7 Å². The maximum Gasteiger partial charge on any atom is 0.115 e. The van der Waals surface area contributed by atoms with Gasteiger partial charge in [-0.2, -0.15) is 0 Å². The summed E-state index contributed by atoms with van der Waals surface area (Å²) in [4.78, 5) is 3.56. The van der Waals surface area contributed by atoms with Gasteiger partial charge in [0.2, 0.25) is 0 Å². The lowest BCUT2D eigenvalue weighted by Crippen LogP contribution is -2.10. The van der Waals surface area contributed by atoms with Crippen LogP contribution in [0.5, 0.6) is 5.75 Å². The van der Waals surface area contributed by atoms with E-state index in [-0.39, 0.29) is 0 Å². The molecule has 0 fully saturated rings. The molecular formula is C18H21NOS. The molecule has 1 N–H and O–H groups in total. The third-order valence-electron chi connectivity index (χ3n) is 4.08. The Balaban J connectivity index is 2.06. The highest BCUT2D eigenvalue weighted by Gasteiger charge is 2.21. The molecule has 0 radical (unpaired) electrons. The zero-order valence-corrected chi connectivity index (χ0v) is 13.4. The minimum atomic E-state index is 0.337. The highest BCUT2D eigenvalue weighted by Crippen LogP contribution is 2.41. The number of anilines is 1. The van der Waals surface area contributed by atoms with Crippen LogP contribution >= 0.6 is 11.8 Å². The quantitative estimate of drug-likeness (QED) is 0.884. The van der Waals surface area contributed by atoms with Gasteiger partial charge in [0.25, 0.3) is 0 Å². The second kappa shape index (κ2) is 6.02. The van der Waals surface area contributed by atoms with Crippen LogP contribution in [0.3, 0.4) is 0 Å². The summed E-state index contributed by atoms with van der Waals surface area (Å²) in [6.45, 7) is 0. The van der Waals surface area contributed by atoms with Crippen molar-refractivity contribution < 1.29 is 5.11 Å². The minimum absolute atomic E-state index is 0.337. The van der Waals surface area contributed by atoms with E-state index in [0.29, 0.717) is 11.7 Å². The van der Waals surface area contributed by atoms with E-state index < -0.39 is 0 Å². The van der Waals surface area contributed by atoms with Crippen LogP contribution in [0.15, 0.2) is 47.4 Å². The van der Waals surface area contributed by atoms with Crippen molar-refractivity contribution in [3.63, 3.8) is 0 Å². The van der Waals surface area contributed by atoms with Crippen molar-refractivity contribution in [2.75, 3.05) is 24.7 Å². The van der Waals surface area contributed by atoms with Gasteiger partial charge in [-0.1, -0.05) is 12.1 Å². The summed E-state index contributed by atoms with van der Waals surface area (Å²) in [7, 11) is 4.17. The highest BCUT2D eigenvalue weighted by molar-refractivity contribution is 7.99. The molecule has 2 aromatic rings. The molecule has 21 heavy (non-hydrogen) atoms. The van der Waals surface area contributed by atoms with Gasteiger partial charge >= 0.3 is 0 Å². The number of hydrogen-bond donors (Lipinski definition) is 1. The number of nitrogens with zero attached hydrogens (tertiary/aromatic N) is 1. The zero-order valence-electron chi connectivity index (χ0n) is 12.5. The first-order valence-electron chi connectivity index (χ1n) is 7.38. The summed E-state index contributed by atoms with van der Waals surface area (Å²) in [6, 6.07) is 14.5. The van der Waals surface area contributed by atoms with E-state index in [1.54, 1.807) is 12.1 Å². The average Bonchev–Trinajstić information content (AvgIpc) is 2.69. The first-order valence-corrected chi connectivity index (χ1v) is 8.37. The summed E-state index contributed by atoms with van der Waals surface area (Å²) in [5, 5.41) is 9.51. The number of rotatable bonds is 2. The lowest BCUT2D eigenvalue weighted by atomic mass is 9.87. The van der Waals surface area contributed by atoms with E-state index in [4.69, 9.17) is 0 Å². The van der Waals surface area contributed by atoms with Crippen LogP contribution in [0.1, 0.15) is 29.9 Å². The molecule has 0 bridgehead atoms. The van der Waals surface area contributed by atoms with E-state index in [0.717, 1.165) is 0 Å². The van der Waals surface area contributed by atoms with Crippen LogP contribution in [0.2, 0.25) is 0 Å². The number of phenolic OH excluding ortho intramolecular Hbond substituents is 1. The van der Waals surface area contributed by atoms with Crippen molar-refractivity contribution in [1.29, 1.82) is 0 Å². The van der Waals surface area contributed by atoms with Crippen LogP contribution in [-0.2, 0) is 0 Å². The Labute approximate surface area is 130 Å². The highest BCUT2D eigenvalue weighted by atomic mass is 32.2.